The average molecular weight is 545 g/mol. The molecule has 1 saturated heterocycles. The quantitative estimate of drug-likeness (QED) is 0.186. The van der Waals surface area contributed by atoms with Crippen LogP contribution in [-0.4, -0.2) is 65.6 Å². The fourth-order valence-corrected chi connectivity index (χ4v) is 4.24. The summed E-state index contributed by atoms with van der Waals surface area (Å²) >= 11 is 5.84. The molecule has 0 amide bonds. The Hall–Kier alpha value is -1.11. The summed E-state index contributed by atoms with van der Waals surface area (Å²) in [4.78, 5) is 18.0. The molecule has 0 radical (unpaired) electrons. The number of nitrogens with one attached hydrogen (secondary N) is 2. The molecule has 0 aromatic heterocycles. The van der Waals surface area contributed by atoms with Crippen molar-refractivity contribution in [2.75, 3.05) is 40.3 Å². The van der Waals surface area contributed by atoms with Crippen LogP contribution in [0.2, 0.25) is 5.02 Å². The Kier molecular flexibility index (Phi) is 10.5. The first-order valence-electron chi connectivity index (χ1n) is 8.66. The lowest BCUT2D eigenvalue weighted by molar-refractivity contribution is -0.146. The number of carbonyl (C=O) groups excluding carboxylic acids is 1. The second-order valence-corrected chi connectivity index (χ2v) is 8.32. The summed E-state index contributed by atoms with van der Waals surface area (Å²) in [6.45, 7) is 1.96. The number of nitrogens with zero attached hydrogens (tertiary/aromatic N) is 2. The summed E-state index contributed by atoms with van der Waals surface area (Å²) in [5.41, 5.74) is 0. The van der Waals surface area contributed by atoms with E-state index in [1.807, 2.05) is 4.90 Å². The van der Waals surface area contributed by atoms with Crippen molar-refractivity contribution < 1.29 is 17.9 Å². The van der Waals surface area contributed by atoms with Crippen molar-refractivity contribution in [1.29, 1.82) is 0 Å². The Labute approximate surface area is 188 Å². The van der Waals surface area contributed by atoms with Gasteiger partial charge in [-0.1, -0.05) is 17.7 Å². The third-order valence-electron chi connectivity index (χ3n) is 4.35. The van der Waals surface area contributed by atoms with Crippen molar-refractivity contribution >= 4 is 57.5 Å². The maximum atomic E-state index is 12.2. The number of piperidine rings is 1. The molecule has 1 aromatic rings. The molecule has 158 valence electrons. The molecule has 0 saturated carbocycles. The molecule has 1 aromatic carbocycles. The number of halogens is 2. The van der Waals surface area contributed by atoms with Crippen molar-refractivity contribution in [2.24, 2.45) is 10.9 Å². The predicted molar refractivity (Wildman–Crippen MR) is 120 cm³/mol. The monoisotopic (exact) mass is 544 g/mol. The van der Waals surface area contributed by atoms with Crippen molar-refractivity contribution in [3.8, 4) is 0 Å². The van der Waals surface area contributed by atoms with Gasteiger partial charge in [0, 0.05) is 38.2 Å². The predicted octanol–water partition coefficient (Wildman–Crippen LogP) is 1.70. The highest BCUT2D eigenvalue weighted by molar-refractivity contribution is 14.0. The molecule has 8 nitrogen and oxygen atoms in total. The third-order valence-corrected chi connectivity index (χ3v) is 6.04. The lowest BCUT2D eigenvalue weighted by atomic mass is 9.97. The summed E-state index contributed by atoms with van der Waals surface area (Å²) < 4.78 is 31.8. The zero-order valence-corrected chi connectivity index (χ0v) is 19.8. The van der Waals surface area contributed by atoms with Crippen molar-refractivity contribution in [3.05, 3.63) is 29.3 Å². The van der Waals surface area contributed by atoms with Gasteiger partial charge in [0.05, 0.1) is 17.9 Å². The fourth-order valence-electron chi connectivity index (χ4n) is 2.90. The van der Waals surface area contributed by atoms with E-state index in [1.54, 1.807) is 19.2 Å². The van der Waals surface area contributed by atoms with Crippen LogP contribution < -0.4 is 10.0 Å². The number of rotatable bonds is 6. The highest BCUT2D eigenvalue weighted by Crippen LogP contribution is 2.18. The standard InChI is InChI=1S/C17H25ClN4O4S.HI/c1-19-17(22-10-6-13(7-11-22)16(23)26-2)20-8-9-21-27(24,25)15-5-3-4-14(18)12-15;/h3-5,12-13,21H,6-11H2,1-2H3,(H,19,20);1H. The minimum atomic E-state index is -3.61. The minimum absolute atomic E-state index is 0. The lowest BCUT2D eigenvalue weighted by Crippen LogP contribution is -2.48. The van der Waals surface area contributed by atoms with Crippen LogP contribution in [0.1, 0.15) is 12.8 Å². The van der Waals surface area contributed by atoms with Crippen LogP contribution in [0.15, 0.2) is 34.2 Å². The third kappa shape index (κ3) is 7.05. The minimum Gasteiger partial charge on any atom is -0.469 e. The summed E-state index contributed by atoms with van der Waals surface area (Å²) in [5, 5.41) is 3.51. The van der Waals surface area contributed by atoms with Crippen molar-refractivity contribution in [2.45, 2.75) is 17.7 Å². The van der Waals surface area contributed by atoms with Crippen LogP contribution in [0.25, 0.3) is 0 Å². The summed E-state index contributed by atoms with van der Waals surface area (Å²) in [5.74, 6) is 0.433. The number of aliphatic imine (C=N–C) groups is 1. The zero-order chi connectivity index (χ0) is 19.9. The Morgan fingerprint density at radius 3 is 2.57 bits per heavy atom. The van der Waals surface area contributed by atoms with Crippen LogP contribution >= 0.6 is 35.6 Å². The summed E-state index contributed by atoms with van der Waals surface area (Å²) in [6, 6.07) is 6.11. The molecule has 1 aliphatic heterocycles. The molecule has 0 bridgehead atoms. The maximum Gasteiger partial charge on any atom is 0.308 e. The smallest absolute Gasteiger partial charge is 0.308 e. The largest absolute Gasteiger partial charge is 0.469 e. The molecule has 1 fully saturated rings. The number of methoxy groups -OCH3 is 1. The number of guanidine groups is 1. The van der Waals surface area contributed by atoms with Gasteiger partial charge in [0.2, 0.25) is 10.0 Å². The molecule has 2 N–H and O–H groups in total. The van der Waals surface area contributed by atoms with Gasteiger partial charge < -0.3 is 15.0 Å². The number of benzene rings is 1. The first kappa shape index (κ1) is 24.9. The van der Waals surface area contributed by atoms with E-state index in [1.165, 1.54) is 19.2 Å². The topological polar surface area (TPSA) is 100 Å². The number of ether oxygens (including phenoxy) is 1. The number of sulfonamides is 1. The van der Waals surface area contributed by atoms with Gasteiger partial charge in [0.25, 0.3) is 0 Å². The SMILES string of the molecule is CN=C(NCCNS(=O)(=O)c1cccc(Cl)c1)N1CCC(C(=O)OC)CC1.I. The molecule has 0 aliphatic carbocycles. The van der Waals surface area contributed by atoms with E-state index in [0.717, 1.165) is 0 Å². The molecule has 0 spiro atoms. The second-order valence-electron chi connectivity index (χ2n) is 6.11. The van der Waals surface area contributed by atoms with Gasteiger partial charge >= 0.3 is 5.97 Å². The molecule has 11 heteroatoms. The van der Waals surface area contributed by atoms with Gasteiger partial charge in [-0.25, -0.2) is 13.1 Å². The van der Waals surface area contributed by atoms with E-state index in [9.17, 15) is 13.2 Å². The summed E-state index contributed by atoms with van der Waals surface area (Å²) in [6.07, 6.45) is 1.41. The van der Waals surface area contributed by atoms with Gasteiger partial charge in [0.15, 0.2) is 5.96 Å². The number of hydrogen-bond acceptors (Lipinski definition) is 5. The molecule has 2 rings (SSSR count). The van der Waals surface area contributed by atoms with Crippen LogP contribution in [-0.2, 0) is 19.6 Å². The van der Waals surface area contributed by atoms with Crippen LogP contribution in [0, 0.1) is 5.92 Å². The Balaban J connectivity index is 0.00000392. The highest BCUT2D eigenvalue weighted by Gasteiger charge is 2.26. The molecular weight excluding hydrogens is 519 g/mol. The van der Waals surface area contributed by atoms with E-state index in [-0.39, 0.29) is 47.3 Å². The number of likely N-dealkylation sites (tertiary alicyclic amines) is 1. The Bertz CT molecular complexity index is 783. The van der Waals surface area contributed by atoms with Crippen LogP contribution in [0.5, 0.6) is 0 Å². The normalized spacial score (nSPS) is 15.7. The second kappa shape index (κ2) is 11.8. The Morgan fingerprint density at radius 1 is 1.32 bits per heavy atom. The molecule has 28 heavy (non-hydrogen) atoms. The first-order valence-corrected chi connectivity index (χ1v) is 10.5. The zero-order valence-electron chi connectivity index (χ0n) is 15.9. The highest BCUT2D eigenvalue weighted by atomic mass is 127. The van der Waals surface area contributed by atoms with E-state index in [4.69, 9.17) is 16.3 Å². The van der Waals surface area contributed by atoms with E-state index < -0.39 is 10.0 Å². The molecule has 0 unspecified atom stereocenters. The first-order chi connectivity index (χ1) is 12.9. The van der Waals surface area contributed by atoms with Gasteiger partial charge in [-0.05, 0) is 31.0 Å². The Morgan fingerprint density at radius 2 is 2.00 bits per heavy atom. The van der Waals surface area contributed by atoms with Gasteiger partial charge in [-0.15, -0.1) is 24.0 Å². The van der Waals surface area contributed by atoms with Crippen LogP contribution in [0.4, 0.5) is 0 Å². The van der Waals surface area contributed by atoms with E-state index >= 15 is 0 Å². The van der Waals surface area contributed by atoms with Crippen molar-refractivity contribution in [3.63, 3.8) is 0 Å². The average Bonchev–Trinajstić information content (AvgIpc) is 2.67. The van der Waals surface area contributed by atoms with Gasteiger partial charge in [-0.2, -0.15) is 0 Å². The van der Waals surface area contributed by atoms with Crippen LogP contribution in [0.3, 0.4) is 0 Å². The molecule has 1 heterocycles. The molecular formula is C17H26ClIN4O4S. The molecule has 0 atom stereocenters. The lowest BCUT2D eigenvalue weighted by Gasteiger charge is -2.33. The van der Waals surface area contributed by atoms with E-state index in [0.29, 0.717) is 43.5 Å². The maximum absolute atomic E-state index is 12.2. The number of carbonyl (C=O) groups is 1. The van der Waals surface area contributed by atoms with E-state index in [2.05, 4.69) is 15.0 Å². The fraction of sp³-hybridized carbons (Fsp3) is 0.529. The number of hydrogen-bond donors (Lipinski definition) is 2. The van der Waals surface area contributed by atoms with Crippen molar-refractivity contribution in [1.82, 2.24) is 14.9 Å². The van der Waals surface area contributed by atoms with Gasteiger partial charge in [-0.3, -0.25) is 9.79 Å². The molecule has 1 aliphatic rings. The number of esters is 1. The van der Waals surface area contributed by atoms with Gasteiger partial charge in [0.1, 0.15) is 0 Å². The summed E-state index contributed by atoms with van der Waals surface area (Å²) in [7, 11) is -0.537.